The van der Waals surface area contributed by atoms with E-state index in [1.807, 2.05) is 24.3 Å². The lowest BCUT2D eigenvalue weighted by Crippen LogP contribution is -2.21. The lowest BCUT2D eigenvalue weighted by Gasteiger charge is -2.10. The number of hydrogen-bond acceptors (Lipinski definition) is 2. The van der Waals surface area contributed by atoms with E-state index in [1.54, 1.807) is 19.1 Å². The second kappa shape index (κ2) is 6.53. The molecule has 2 aromatic rings. The highest BCUT2D eigenvalue weighted by Gasteiger charge is 2.02. The van der Waals surface area contributed by atoms with E-state index in [0.717, 1.165) is 6.54 Å². The number of halogens is 1. The lowest BCUT2D eigenvalue weighted by atomic mass is 10.2. The van der Waals surface area contributed by atoms with Crippen LogP contribution in [0, 0.1) is 12.7 Å². The van der Waals surface area contributed by atoms with Crippen molar-refractivity contribution < 1.29 is 9.13 Å². The first kappa shape index (κ1) is 14.5. The zero-order chi connectivity index (χ0) is 14.5. The molecule has 0 spiro atoms. The fraction of sp³-hybridized carbons (Fsp3) is 0.294. The first-order valence-corrected chi connectivity index (χ1v) is 6.81. The van der Waals surface area contributed by atoms with Crippen LogP contribution in [0.3, 0.4) is 0 Å². The Hall–Kier alpha value is -1.87. The monoisotopic (exact) mass is 273 g/mol. The van der Waals surface area contributed by atoms with Crippen LogP contribution >= 0.6 is 0 Å². The fourth-order valence-corrected chi connectivity index (χ4v) is 1.77. The van der Waals surface area contributed by atoms with Crippen LogP contribution < -0.4 is 10.1 Å². The van der Waals surface area contributed by atoms with Gasteiger partial charge in [-0.1, -0.05) is 32.0 Å². The van der Waals surface area contributed by atoms with Crippen molar-refractivity contribution in [2.24, 2.45) is 0 Å². The van der Waals surface area contributed by atoms with Gasteiger partial charge in [-0.15, -0.1) is 0 Å². The quantitative estimate of drug-likeness (QED) is 0.870. The van der Waals surface area contributed by atoms with Crippen LogP contribution in [-0.2, 0) is 6.54 Å². The lowest BCUT2D eigenvalue weighted by molar-refractivity contribution is 0.475. The summed E-state index contributed by atoms with van der Waals surface area (Å²) in [6, 6.07) is 13.2. The van der Waals surface area contributed by atoms with Gasteiger partial charge < -0.3 is 10.1 Å². The number of rotatable bonds is 5. The molecule has 0 saturated heterocycles. The van der Waals surface area contributed by atoms with Gasteiger partial charge in [-0.3, -0.25) is 0 Å². The highest BCUT2D eigenvalue weighted by atomic mass is 19.1. The summed E-state index contributed by atoms with van der Waals surface area (Å²) in [5.74, 6) is 0.975. The molecule has 0 aliphatic rings. The smallest absolute Gasteiger partial charge is 0.130 e. The van der Waals surface area contributed by atoms with E-state index in [1.165, 1.54) is 11.6 Å². The summed E-state index contributed by atoms with van der Waals surface area (Å²) in [6.45, 7) is 6.79. The van der Waals surface area contributed by atoms with E-state index in [0.29, 0.717) is 23.1 Å². The van der Waals surface area contributed by atoms with Crippen LogP contribution in [0.2, 0.25) is 0 Å². The molecule has 0 heterocycles. The summed E-state index contributed by atoms with van der Waals surface area (Å²) in [5.41, 5.74) is 1.81. The molecule has 3 heteroatoms. The minimum atomic E-state index is -0.250. The summed E-state index contributed by atoms with van der Waals surface area (Å²) in [7, 11) is 0. The van der Waals surface area contributed by atoms with E-state index >= 15 is 0 Å². The molecule has 0 saturated carbocycles. The minimum Gasteiger partial charge on any atom is -0.457 e. The predicted octanol–water partition coefficient (Wildman–Crippen LogP) is 4.42. The number of aryl methyl sites for hydroxylation is 1. The standard InChI is InChI=1S/C17H20FNO/c1-12(2)19-11-14-5-8-15(9-6-14)20-16-7-4-13(3)17(18)10-16/h4-10,12,19H,11H2,1-3H3. The Morgan fingerprint density at radius 2 is 1.70 bits per heavy atom. The second-order valence-electron chi connectivity index (χ2n) is 5.19. The van der Waals surface area contributed by atoms with Crippen molar-refractivity contribution in [2.45, 2.75) is 33.4 Å². The van der Waals surface area contributed by atoms with Gasteiger partial charge in [-0.05, 0) is 36.2 Å². The maximum Gasteiger partial charge on any atom is 0.130 e. The van der Waals surface area contributed by atoms with Crippen molar-refractivity contribution >= 4 is 0 Å². The minimum absolute atomic E-state index is 0.250. The largest absolute Gasteiger partial charge is 0.457 e. The first-order valence-electron chi connectivity index (χ1n) is 6.81. The molecule has 0 aromatic heterocycles. The molecule has 0 unspecified atom stereocenters. The molecule has 0 amide bonds. The van der Waals surface area contributed by atoms with Gasteiger partial charge in [0.2, 0.25) is 0 Å². The average molecular weight is 273 g/mol. The van der Waals surface area contributed by atoms with Gasteiger partial charge in [0.15, 0.2) is 0 Å². The molecule has 0 bridgehead atoms. The van der Waals surface area contributed by atoms with Gasteiger partial charge in [-0.25, -0.2) is 4.39 Å². The number of hydrogen-bond donors (Lipinski definition) is 1. The highest BCUT2D eigenvalue weighted by Crippen LogP contribution is 2.23. The van der Waals surface area contributed by atoms with E-state index in [4.69, 9.17) is 4.74 Å². The van der Waals surface area contributed by atoms with Gasteiger partial charge in [0.05, 0.1) is 0 Å². The third kappa shape index (κ3) is 4.07. The van der Waals surface area contributed by atoms with Crippen LogP contribution in [0.4, 0.5) is 4.39 Å². The molecule has 2 rings (SSSR count). The summed E-state index contributed by atoms with van der Waals surface area (Å²) in [4.78, 5) is 0. The molecule has 0 aliphatic carbocycles. The summed E-state index contributed by atoms with van der Waals surface area (Å²) >= 11 is 0. The molecule has 2 nitrogen and oxygen atoms in total. The van der Waals surface area contributed by atoms with Crippen molar-refractivity contribution in [3.63, 3.8) is 0 Å². The normalized spacial score (nSPS) is 10.8. The topological polar surface area (TPSA) is 21.3 Å². The Morgan fingerprint density at radius 1 is 1.05 bits per heavy atom. The Bertz CT molecular complexity index is 564. The van der Waals surface area contributed by atoms with E-state index in [2.05, 4.69) is 19.2 Å². The second-order valence-corrected chi connectivity index (χ2v) is 5.19. The fourth-order valence-electron chi connectivity index (χ4n) is 1.77. The van der Waals surface area contributed by atoms with Crippen molar-refractivity contribution in [2.75, 3.05) is 0 Å². The third-order valence-corrected chi connectivity index (χ3v) is 3.02. The SMILES string of the molecule is Cc1ccc(Oc2ccc(CNC(C)C)cc2)cc1F. The van der Waals surface area contributed by atoms with Gasteiger partial charge in [0.1, 0.15) is 17.3 Å². The van der Waals surface area contributed by atoms with E-state index < -0.39 is 0 Å². The molecule has 0 radical (unpaired) electrons. The molecule has 0 atom stereocenters. The van der Waals surface area contributed by atoms with Crippen LogP contribution in [0.1, 0.15) is 25.0 Å². The zero-order valence-electron chi connectivity index (χ0n) is 12.1. The molecule has 106 valence electrons. The van der Waals surface area contributed by atoms with Crippen molar-refractivity contribution in [3.8, 4) is 11.5 Å². The maximum absolute atomic E-state index is 13.4. The zero-order valence-corrected chi connectivity index (χ0v) is 12.1. The summed E-state index contributed by atoms with van der Waals surface area (Å²) < 4.78 is 19.1. The van der Waals surface area contributed by atoms with Crippen molar-refractivity contribution in [1.29, 1.82) is 0 Å². The number of nitrogens with one attached hydrogen (secondary N) is 1. The van der Waals surface area contributed by atoms with Crippen molar-refractivity contribution in [1.82, 2.24) is 5.32 Å². The first-order chi connectivity index (χ1) is 9.54. The Labute approximate surface area is 119 Å². The van der Waals surface area contributed by atoms with Crippen molar-refractivity contribution in [3.05, 3.63) is 59.4 Å². The predicted molar refractivity (Wildman–Crippen MR) is 79.6 cm³/mol. The van der Waals surface area contributed by atoms with E-state index in [9.17, 15) is 4.39 Å². The molecule has 2 aromatic carbocycles. The van der Waals surface area contributed by atoms with Crippen LogP contribution in [0.25, 0.3) is 0 Å². The molecule has 0 aliphatic heterocycles. The van der Waals surface area contributed by atoms with Crippen LogP contribution in [-0.4, -0.2) is 6.04 Å². The van der Waals surface area contributed by atoms with Crippen LogP contribution in [0.15, 0.2) is 42.5 Å². The van der Waals surface area contributed by atoms with Gasteiger partial charge in [0.25, 0.3) is 0 Å². The Morgan fingerprint density at radius 3 is 2.30 bits per heavy atom. The highest BCUT2D eigenvalue weighted by molar-refractivity contribution is 5.35. The molecular formula is C17H20FNO. The van der Waals surface area contributed by atoms with Gasteiger partial charge >= 0.3 is 0 Å². The molecule has 0 fully saturated rings. The number of benzene rings is 2. The Kier molecular flexibility index (Phi) is 4.74. The summed E-state index contributed by atoms with van der Waals surface area (Å²) in [5, 5.41) is 3.35. The summed E-state index contributed by atoms with van der Waals surface area (Å²) in [6.07, 6.45) is 0. The molecular weight excluding hydrogens is 253 g/mol. The average Bonchev–Trinajstić information content (AvgIpc) is 2.42. The van der Waals surface area contributed by atoms with Crippen LogP contribution in [0.5, 0.6) is 11.5 Å². The maximum atomic E-state index is 13.4. The van der Waals surface area contributed by atoms with Gasteiger partial charge in [0, 0.05) is 18.7 Å². The van der Waals surface area contributed by atoms with Gasteiger partial charge in [-0.2, -0.15) is 0 Å². The third-order valence-electron chi connectivity index (χ3n) is 3.02. The van der Waals surface area contributed by atoms with E-state index in [-0.39, 0.29) is 5.82 Å². The molecule has 1 N–H and O–H groups in total. The Balaban J connectivity index is 2.01. The number of ether oxygens (including phenoxy) is 1. The molecule has 20 heavy (non-hydrogen) atoms.